The number of hydrogen-bond acceptors (Lipinski definition) is 4. The van der Waals surface area contributed by atoms with Gasteiger partial charge in [0.25, 0.3) is 5.91 Å². The molecule has 0 radical (unpaired) electrons. The minimum absolute atomic E-state index is 0.293. The number of aliphatic hydroxyl groups is 1. The highest BCUT2D eigenvalue weighted by molar-refractivity contribution is 6.30. The van der Waals surface area contributed by atoms with E-state index < -0.39 is 6.23 Å². The van der Waals surface area contributed by atoms with E-state index in [1.54, 1.807) is 36.4 Å². The van der Waals surface area contributed by atoms with Crippen molar-refractivity contribution in [3.63, 3.8) is 0 Å². The van der Waals surface area contributed by atoms with Crippen LogP contribution in [-0.4, -0.2) is 17.6 Å². The smallest absolute Gasteiger partial charge is 0.259 e. The lowest BCUT2D eigenvalue weighted by atomic mass is 10.1. The highest BCUT2D eigenvalue weighted by Gasteiger charge is 2.15. The summed E-state index contributed by atoms with van der Waals surface area (Å²) < 4.78 is 5.66. The SMILES string of the molecule is CC/C=C/COc1ccc(C(N)O)cc1C(=O)Nc1ccc(Cl)cc1. The molecule has 0 spiro atoms. The van der Waals surface area contributed by atoms with E-state index in [1.807, 2.05) is 19.1 Å². The number of rotatable bonds is 7. The number of allylic oxidation sites excluding steroid dienone is 1. The van der Waals surface area contributed by atoms with Crippen LogP contribution in [0.4, 0.5) is 5.69 Å². The number of aliphatic hydroxyl groups excluding tert-OH is 1. The van der Waals surface area contributed by atoms with E-state index in [0.29, 0.717) is 34.2 Å². The Morgan fingerprint density at radius 1 is 1.28 bits per heavy atom. The van der Waals surface area contributed by atoms with E-state index in [-0.39, 0.29) is 5.91 Å². The molecular weight excluding hydrogens is 340 g/mol. The van der Waals surface area contributed by atoms with Crippen LogP contribution in [0.25, 0.3) is 0 Å². The Morgan fingerprint density at radius 2 is 2.00 bits per heavy atom. The molecule has 5 nitrogen and oxygen atoms in total. The summed E-state index contributed by atoms with van der Waals surface area (Å²) in [6, 6.07) is 11.5. The molecule has 2 aromatic rings. The molecule has 2 rings (SSSR count). The number of ether oxygens (including phenoxy) is 1. The summed E-state index contributed by atoms with van der Waals surface area (Å²) >= 11 is 5.85. The van der Waals surface area contributed by atoms with E-state index in [4.69, 9.17) is 22.1 Å². The van der Waals surface area contributed by atoms with Gasteiger partial charge < -0.3 is 20.9 Å². The number of halogens is 1. The third-order valence-corrected chi connectivity index (χ3v) is 3.68. The van der Waals surface area contributed by atoms with Gasteiger partial charge in [-0.2, -0.15) is 0 Å². The molecule has 0 fully saturated rings. The van der Waals surface area contributed by atoms with Crippen LogP contribution in [0.15, 0.2) is 54.6 Å². The summed E-state index contributed by atoms with van der Waals surface area (Å²) in [5.74, 6) is 0.0518. The fraction of sp³-hybridized carbons (Fsp3) is 0.211. The van der Waals surface area contributed by atoms with Gasteiger partial charge in [-0.15, -0.1) is 0 Å². The summed E-state index contributed by atoms with van der Waals surface area (Å²) in [5, 5.41) is 12.9. The average molecular weight is 361 g/mol. The highest BCUT2D eigenvalue weighted by atomic mass is 35.5. The molecule has 0 aliphatic carbocycles. The Balaban J connectivity index is 2.24. The first kappa shape index (κ1) is 19.0. The molecule has 0 saturated carbocycles. The first-order valence-electron chi connectivity index (χ1n) is 7.93. The Morgan fingerprint density at radius 3 is 2.64 bits per heavy atom. The maximum Gasteiger partial charge on any atom is 0.259 e. The summed E-state index contributed by atoms with van der Waals surface area (Å²) in [4.78, 5) is 12.6. The number of anilines is 1. The maximum atomic E-state index is 12.6. The topological polar surface area (TPSA) is 84.6 Å². The van der Waals surface area contributed by atoms with E-state index in [2.05, 4.69) is 5.32 Å². The average Bonchev–Trinajstić information content (AvgIpc) is 2.60. The molecule has 1 amide bonds. The monoisotopic (exact) mass is 360 g/mol. The van der Waals surface area contributed by atoms with Crippen molar-refractivity contribution in [2.24, 2.45) is 5.73 Å². The molecule has 0 aliphatic heterocycles. The van der Waals surface area contributed by atoms with E-state index in [1.165, 1.54) is 6.07 Å². The zero-order chi connectivity index (χ0) is 18.2. The zero-order valence-corrected chi connectivity index (χ0v) is 14.7. The van der Waals surface area contributed by atoms with Crippen LogP contribution in [-0.2, 0) is 0 Å². The normalized spacial score (nSPS) is 12.2. The summed E-state index contributed by atoms with van der Waals surface area (Å²) in [5.41, 5.74) is 6.82. The number of hydrogen-bond donors (Lipinski definition) is 3. The van der Waals surface area contributed by atoms with E-state index in [9.17, 15) is 9.90 Å². The number of amides is 1. The first-order valence-corrected chi connectivity index (χ1v) is 8.31. The maximum absolute atomic E-state index is 12.6. The Kier molecular flexibility index (Phi) is 7.01. The number of benzene rings is 2. The molecule has 0 aliphatic rings. The van der Waals surface area contributed by atoms with Crippen LogP contribution in [0.1, 0.15) is 35.5 Å². The number of nitrogens with two attached hydrogens (primary N) is 1. The van der Waals surface area contributed by atoms with Gasteiger partial charge in [0.1, 0.15) is 18.6 Å². The predicted molar refractivity (Wildman–Crippen MR) is 99.9 cm³/mol. The van der Waals surface area contributed by atoms with Gasteiger partial charge in [0.15, 0.2) is 0 Å². The van der Waals surface area contributed by atoms with Crippen LogP contribution >= 0.6 is 11.6 Å². The standard InChI is InChI=1S/C19H21ClN2O3/c1-2-3-4-11-25-17-10-5-13(18(21)23)12-16(17)19(24)22-15-8-6-14(20)7-9-15/h3-10,12,18,23H,2,11,21H2,1H3,(H,22,24)/b4-3+. The van der Waals surface area contributed by atoms with Gasteiger partial charge in [-0.1, -0.05) is 36.7 Å². The van der Waals surface area contributed by atoms with Crippen molar-refractivity contribution in [1.82, 2.24) is 0 Å². The van der Waals surface area contributed by atoms with E-state index in [0.717, 1.165) is 6.42 Å². The quantitative estimate of drug-likeness (QED) is 0.516. The second-order valence-corrected chi connectivity index (χ2v) is 5.79. The van der Waals surface area contributed by atoms with Gasteiger partial charge in [-0.05, 0) is 48.4 Å². The fourth-order valence-corrected chi connectivity index (χ4v) is 2.27. The molecule has 0 aromatic heterocycles. The summed E-state index contributed by atoms with van der Waals surface area (Å²) in [6.07, 6.45) is 3.60. The van der Waals surface area contributed by atoms with Crippen molar-refractivity contribution in [2.75, 3.05) is 11.9 Å². The molecule has 6 heteroatoms. The molecule has 132 valence electrons. The highest BCUT2D eigenvalue weighted by Crippen LogP contribution is 2.24. The second-order valence-electron chi connectivity index (χ2n) is 5.35. The molecule has 4 N–H and O–H groups in total. The van der Waals surface area contributed by atoms with Crippen LogP contribution in [0.2, 0.25) is 5.02 Å². The van der Waals surface area contributed by atoms with Crippen molar-refractivity contribution in [1.29, 1.82) is 0 Å². The van der Waals surface area contributed by atoms with Crippen LogP contribution in [0.5, 0.6) is 5.75 Å². The van der Waals surface area contributed by atoms with Gasteiger partial charge in [0, 0.05) is 10.7 Å². The lowest BCUT2D eigenvalue weighted by Crippen LogP contribution is -2.16. The molecule has 25 heavy (non-hydrogen) atoms. The second kappa shape index (κ2) is 9.22. The number of carbonyl (C=O) groups is 1. The van der Waals surface area contributed by atoms with Gasteiger partial charge in [0.05, 0.1) is 5.56 Å². The summed E-state index contributed by atoms with van der Waals surface area (Å²) in [6.45, 7) is 2.37. The van der Waals surface area contributed by atoms with E-state index >= 15 is 0 Å². The predicted octanol–water partition coefficient (Wildman–Crippen LogP) is 3.89. The molecule has 0 saturated heterocycles. The third-order valence-electron chi connectivity index (χ3n) is 3.43. The lowest BCUT2D eigenvalue weighted by Gasteiger charge is -2.14. The number of nitrogens with one attached hydrogen (secondary N) is 1. The minimum atomic E-state index is -1.17. The van der Waals surface area contributed by atoms with Crippen molar-refractivity contribution >= 4 is 23.2 Å². The van der Waals surface area contributed by atoms with Gasteiger partial charge >= 0.3 is 0 Å². The summed E-state index contributed by atoms with van der Waals surface area (Å²) in [7, 11) is 0. The Bertz CT molecular complexity index is 743. The Labute approximate surface area is 152 Å². The molecular formula is C19H21ClN2O3. The lowest BCUT2D eigenvalue weighted by molar-refractivity contribution is 0.102. The fourth-order valence-electron chi connectivity index (χ4n) is 2.14. The zero-order valence-electron chi connectivity index (χ0n) is 13.9. The molecule has 0 bridgehead atoms. The molecule has 2 aromatic carbocycles. The van der Waals surface area contributed by atoms with Crippen molar-refractivity contribution in [3.05, 3.63) is 70.8 Å². The van der Waals surface area contributed by atoms with Crippen LogP contribution < -0.4 is 15.8 Å². The van der Waals surface area contributed by atoms with Crippen molar-refractivity contribution in [3.8, 4) is 5.75 Å². The van der Waals surface area contributed by atoms with Crippen molar-refractivity contribution < 1.29 is 14.6 Å². The molecule has 1 unspecified atom stereocenters. The van der Waals surface area contributed by atoms with Crippen LogP contribution in [0, 0.1) is 0 Å². The van der Waals surface area contributed by atoms with Gasteiger partial charge in [-0.3, -0.25) is 4.79 Å². The van der Waals surface area contributed by atoms with Gasteiger partial charge in [-0.25, -0.2) is 0 Å². The molecule has 0 heterocycles. The Hall–Kier alpha value is -2.34. The number of carbonyl (C=O) groups excluding carboxylic acids is 1. The minimum Gasteiger partial charge on any atom is -0.489 e. The largest absolute Gasteiger partial charge is 0.489 e. The molecule has 1 atom stereocenters. The first-order chi connectivity index (χ1) is 12.0. The third kappa shape index (κ3) is 5.60. The van der Waals surface area contributed by atoms with Crippen LogP contribution in [0.3, 0.4) is 0 Å². The van der Waals surface area contributed by atoms with Crippen molar-refractivity contribution in [2.45, 2.75) is 19.6 Å². The van der Waals surface area contributed by atoms with Gasteiger partial charge in [0.2, 0.25) is 0 Å².